The Kier molecular flexibility index (Phi) is 8.94. The van der Waals surface area contributed by atoms with Gasteiger partial charge in [-0.25, -0.2) is 0 Å². The number of benzene rings is 3. The van der Waals surface area contributed by atoms with E-state index >= 15 is 0 Å². The number of aryl methyl sites for hydroxylation is 1. The number of anilines is 1. The Labute approximate surface area is 281 Å². The Morgan fingerprint density at radius 2 is 1.78 bits per heavy atom. The molecule has 0 radical (unpaired) electrons. The molecule has 3 heterocycles. The number of halogens is 2. The SMILES string of the molecule is COc1cccc(CN(C(=O)C2=C(c3ccc(N4CC[C@@H](Oc5c(Cl)cc(C)cc5Cl)C4)cc3)C[C@@H]3CNC[C@H]2N3)C2CC2)c1C. The topological polar surface area (TPSA) is 66.1 Å². The Bertz CT molecular complexity index is 1630. The van der Waals surface area contributed by atoms with Gasteiger partial charge in [-0.15, -0.1) is 0 Å². The lowest BCUT2D eigenvalue weighted by atomic mass is 9.83. The zero-order valence-electron chi connectivity index (χ0n) is 26.7. The van der Waals surface area contributed by atoms with E-state index < -0.39 is 0 Å². The van der Waals surface area contributed by atoms with E-state index in [0.717, 1.165) is 91.1 Å². The molecule has 3 aromatic carbocycles. The van der Waals surface area contributed by atoms with Crippen LogP contribution in [0.1, 0.15) is 47.9 Å². The Hall–Kier alpha value is -3.23. The molecule has 7 rings (SSSR count). The van der Waals surface area contributed by atoms with Gasteiger partial charge < -0.3 is 29.9 Å². The molecule has 3 aliphatic heterocycles. The molecule has 3 fully saturated rings. The van der Waals surface area contributed by atoms with Crippen molar-refractivity contribution in [2.24, 2.45) is 0 Å². The van der Waals surface area contributed by atoms with Crippen LogP contribution >= 0.6 is 23.2 Å². The zero-order chi connectivity index (χ0) is 31.9. The van der Waals surface area contributed by atoms with Crippen LogP contribution in [0.25, 0.3) is 5.57 Å². The van der Waals surface area contributed by atoms with Crippen molar-refractivity contribution in [3.63, 3.8) is 0 Å². The minimum Gasteiger partial charge on any atom is -0.496 e. The van der Waals surface area contributed by atoms with Crippen LogP contribution in [0.3, 0.4) is 0 Å². The minimum absolute atomic E-state index is 0.00207. The molecule has 3 atom stereocenters. The highest BCUT2D eigenvalue weighted by molar-refractivity contribution is 6.37. The molecule has 3 aromatic rings. The van der Waals surface area contributed by atoms with Crippen LogP contribution in [-0.4, -0.2) is 68.3 Å². The number of ether oxygens (including phenoxy) is 2. The van der Waals surface area contributed by atoms with Gasteiger partial charge in [-0.05, 0) is 91.3 Å². The summed E-state index contributed by atoms with van der Waals surface area (Å²) in [6.07, 6.45) is 3.81. The molecule has 0 aromatic heterocycles. The maximum atomic E-state index is 14.6. The van der Waals surface area contributed by atoms with Crippen LogP contribution in [0.4, 0.5) is 5.69 Å². The second-order valence-electron chi connectivity index (χ2n) is 13.2. The van der Waals surface area contributed by atoms with Crippen molar-refractivity contribution < 1.29 is 14.3 Å². The average molecular weight is 662 g/mol. The van der Waals surface area contributed by atoms with Crippen LogP contribution in [-0.2, 0) is 11.3 Å². The fraction of sp³-hybridized carbons (Fsp3) is 0.432. The van der Waals surface area contributed by atoms with Crippen LogP contribution in [0.5, 0.6) is 11.5 Å². The summed E-state index contributed by atoms with van der Waals surface area (Å²) < 4.78 is 11.9. The standard InChI is InChI=1S/C37H42Cl2N4O3/c1-22-15-31(38)36(32(39)16-22)46-29-13-14-42(21-29)27-9-7-24(8-10-27)30-17-26-18-40-19-33(41-26)35(30)37(44)43(28-11-12-28)20-25-5-4-6-34(45-3)23(25)2/h4-10,15-16,26,28-29,33,40-41H,11-14,17-21H2,1-3H3/t26-,29-,33-/m1/s1. The van der Waals surface area contributed by atoms with E-state index in [4.69, 9.17) is 32.7 Å². The van der Waals surface area contributed by atoms with E-state index in [-0.39, 0.29) is 24.1 Å². The second-order valence-corrected chi connectivity index (χ2v) is 14.0. The number of hydrogen-bond acceptors (Lipinski definition) is 6. The molecule has 7 nitrogen and oxygen atoms in total. The van der Waals surface area contributed by atoms with Crippen LogP contribution in [0.15, 0.2) is 60.2 Å². The first-order chi connectivity index (χ1) is 22.3. The molecule has 46 heavy (non-hydrogen) atoms. The molecular formula is C37H42Cl2N4O3. The zero-order valence-corrected chi connectivity index (χ0v) is 28.3. The molecule has 0 spiro atoms. The van der Waals surface area contributed by atoms with Gasteiger partial charge in [0.2, 0.25) is 0 Å². The number of carbonyl (C=O) groups is 1. The second kappa shape index (κ2) is 13.1. The normalized spacial score (nSPS) is 22.6. The van der Waals surface area contributed by atoms with Gasteiger partial charge in [-0.1, -0.05) is 47.5 Å². The number of carbonyl (C=O) groups excluding carboxylic acids is 1. The lowest BCUT2D eigenvalue weighted by Gasteiger charge is -2.41. The van der Waals surface area contributed by atoms with Crippen molar-refractivity contribution in [2.75, 3.05) is 38.2 Å². The maximum Gasteiger partial charge on any atom is 0.252 e. The number of amides is 1. The molecule has 0 unspecified atom stereocenters. The van der Waals surface area contributed by atoms with Gasteiger partial charge in [0.25, 0.3) is 5.91 Å². The summed E-state index contributed by atoms with van der Waals surface area (Å²) in [5.41, 5.74) is 7.59. The number of rotatable bonds is 9. The summed E-state index contributed by atoms with van der Waals surface area (Å²) >= 11 is 12.9. The lowest BCUT2D eigenvalue weighted by molar-refractivity contribution is -0.128. The molecule has 2 bridgehead atoms. The van der Waals surface area contributed by atoms with Gasteiger partial charge in [0.15, 0.2) is 5.75 Å². The van der Waals surface area contributed by atoms with E-state index in [1.54, 1.807) is 7.11 Å². The molecule has 1 saturated carbocycles. The molecule has 9 heteroatoms. The summed E-state index contributed by atoms with van der Waals surface area (Å²) in [4.78, 5) is 19.0. The Morgan fingerprint density at radius 3 is 2.50 bits per heavy atom. The molecule has 2 N–H and O–H groups in total. The lowest BCUT2D eigenvalue weighted by Crippen LogP contribution is -2.60. The maximum absolute atomic E-state index is 14.6. The first-order valence-corrected chi connectivity index (χ1v) is 17.2. The van der Waals surface area contributed by atoms with Crippen molar-refractivity contribution in [1.82, 2.24) is 15.5 Å². The third-order valence-electron chi connectivity index (χ3n) is 9.89. The van der Waals surface area contributed by atoms with E-state index in [2.05, 4.69) is 57.7 Å². The van der Waals surface area contributed by atoms with Gasteiger partial charge in [0, 0.05) is 55.9 Å². The number of fused-ring (bicyclic) bond motifs is 2. The molecule has 4 aliphatic rings. The molecule has 1 amide bonds. The predicted octanol–water partition coefficient (Wildman–Crippen LogP) is 6.56. The van der Waals surface area contributed by atoms with Crippen molar-refractivity contribution in [3.8, 4) is 11.5 Å². The van der Waals surface area contributed by atoms with Crippen molar-refractivity contribution in [1.29, 1.82) is 0 Å². The number of nitrogens with zero attached hydrogens (tertiary/aromatic N) is 2. The number of nitrogens with one attached hydrogen (secondary N) is 2. The van der Waals surface area contributed by atoms with Gasteiger partial charge in [-0.3, -0.25) is 4.79 Å². The van der Waals surface area contributed by atoms with Gasteiger partial charge in [-0.2, -0.15) is 0 Å². The van der Waals surface area contributed by atoms with Crippen LogP contribution in [0.2, 0.25) is 10.0 Å². The van der Waals surface area contributed by atoms with Crippen LogP contribution < -0.4 is 25.0 Å². The molecule has 242 valence electrons. The smallest absolute Gasteiger partial charge is 0.252 e. The molecular weight excluding hydrogens is 619 g/mol. The summed E-state index contributed by atoms with van der Waals surface area (Å²) in [6, 6.07) is 19.2. The van der Waals surface area contributed by atoms with Gasteiger partial charge in [0.1, 0.15) is 11.9 Å². The monoisotopic (exact) mass is 660 g/mol. The fourth-order valence-corrected chi connectivity index (χ4v) is 7.97. The summed E-state index contributed by atoms with van der Waals surface area (Å²) in [7, 11) is 1.70. The van der Waals surface area contributed by atoms with E-state index in [1.807, 2.05) is 31.2 Å². The summed E-state index contributed by atoms with van der Waals surface area (Å²) in [6.45, 7) is 7.93. The fourth-order valence-electron chi connectivity index (χ4n) is 7.28. The third kappa shape index (κ3) is 6.35. The Balaban J connectivity index is 1.13. The predicted molar refractivity (Wildman–Crippen MR) is 185 cm³/mol. The quantitative estimate of drug-likeness (QED) is 0.271. The highest BCUT2D eigenvalue weighted by atomic mass is 35.5. The number of piperazine rings is 1. The van der Waals surface area contributed by atoms with Crippen LogP contribution in [0, 0.1) is 13.8 Å². The van der Waals surface area contributed by atoms with E-state index in [1.165, 1.54) is 5.57 Å². The van der Waals surface area contributed by atoms with Crippen molar-refractivity contribution >= 4 is 40.4 Å². The molecule has 1 aliphatic carbocycles. The number of methoxy groups -OCH3 is 1. The highest BCUT2D eigenvalue weighted by Gasteiger charge is 2.41. The van der Waals surface area contributed by atoms with Gasteiger partial charge >= 0.3 is 0 Å². The first-order valence-electron chi connectivity index (χ1n) is 16.4. The molecule has 2 saturated heterocycles. The first kappa shape index (κ1) is 31.4. The number of hydrogen-bond donors (Lipinski definition) is 2. The summed E-state index contributed by atoms with van der Waals surface area (Å²) in [5, 5.41) is 8.41. The van der Waals surface area contributed by atoms with Crippen molar-refractivity contribution in [2.45, 2.75) is 70.3 Å². The highest BCUT2D eigenvalue weighted by Crippen LogP contribution is 2.39. The van der Waals surface area contributed by atoms with Crippen molar-refractivity contribution in [3.05, 3.63) is 92.5 Å². The summed E-state index contributed by atoms with van der Waals surface area (Å²) in [5.74, 6) is 1.57. The van der Waals surface area contributed by atoms with Gasteiger partial charge in [0.05, 0.1) is 29.7 Å². The minimum atomic E-state index is -0.0146. The van der Waals surface area contributed by atoms with E-state index in [9.17, 15) is 4.79 Å². The average Bonchev–Trinajstić information content (AvgIpc) is 3.78. The largest absolute Gasteiger partial charge is 0.496 e. The van der Waals surface area contributed by atoms with E-state index in [0.29, 0.717) is 28.4 Å². The third-order valence-corrected chi connectivity index (χ3v) is 10.5. The Morgan fingerprint density at radius 1 is 1.02 bits per heavy atom.